The van der Waals surface area contributed by atoms with Gasteiger partial charge in [0.25, 0.3) is 0 Å². The van der Waals surface area contributed by atoms with Crippen molar-refractivity contribution < 1.29 is 14.2 Å². The molecule has 0 saturated heterocycles. The van der Waals surface area contributed by atoms with Crippen LogP contribution in [0.2, 0.25) is 0 Å². The van der Waals surface area contributed by atoms with E-state index in [1.54, 1.807) is 0 Å². The Kier molecular flexibility index (Phi) is 3.77. The van der Waals surface area contributed by atoms with Gasteiger partial charge in [-0.15, -0.1) is 0 Å². The molecule has 0 radical (unpaired) electrons. The predicted octanol–water partition coefficient (Wildman–Crippen LogP) is 4.05. The highest BCUT2D eigenvalue weighted by atomic mass is 127. The Balaban J connectivity index is 1.79. The minimum Gasteiger partial charge on any atom is -0.486 e. The van der Waals surface area contributed by atoms with Crippen LogP contribution >= 0.6 is 22.6 Å². The molecule has 0 N–H and O–H groups in total. The summed E-state index contributed by atoms with van der Waals surface area (Å²) < 4.78 is 18.2. The molecule has 2 aromatic rings. The summed E-state index contributed by atoms with van der Waals surface area (Å²) >= 11 is 2.30. The van der Waals surface area contributed by atoms with Crippen LogP contribution in [-0.2, 0) is 0 Å². The van der Waals surface area contributed by atoms with Gasteiger partial charge in [0.15, 0.2) is 11.5 Å². The minimum atomic E-state index is 0.133. The number of hydrogen-bond donors (Lipinski definition) is 0. The third-order valence-corrected chi connectivity index (χ3v) is 3.77. The molecule has 0 amide bonds. The zero-order chi connectivity index (χ0) is 13.1. The Morgan fingerprint density at radius 2 is 1.89 bits per heavy atom. The monoisotopic (exact) mass is 368 g/mol. The molecule has 98 valence electrons. The van der Waals surface area contributed by atoms with E-state index in [4.69, 9.17) is 14.2 Å². The molecule has 0 spiro atoms. The van der Waals surface area contributed by atoms with E-state index >= 15 is 0 Å². The van der Waals surface area contributed by atoms with Crippen LogP contribution in [-0.4, -0.2) is 17.1 Å². The van der Waals surface area contributed by atoms with Crippen molar-refractivity contribution in [3.63, 3.8) is 0 Å². The summed E-state index contributed by atoms with van der Waals surface area (Å²) in [6.45, 7) is 0.588. The van der Waals surface area contributed by atoms with Crippen LogP contribution in [0.3, 0.4) is 0 Å². The number of para-hydroxylation sites is 1. The second-order valence-corrected chi connectivity index (χ2v) is 5.11. The van der Waals surface area contributed by atoms with Crippen molar-refractivity contribution in [2.75, 3.05) is 11.0 Å². The van der Waals surface area contributed by atoms with Gasteiger partial charge >= 0.3 is 0 Å². The molecule has 19 heavy (non-hydrogen) atoms. The molecular weight excluding hydrogens is 355 g/mol. The van der Waals surface area contributed by atoms with Gasteiger partial charge < -0.3 is 14.2 Å². The first-order valence-electron chi connectivity index (χ1n) is 6.07. The normalized spacial score (nSPS) is 17.0. The highest BCUT2D eigenvalue weighted by Crippen LogP contribution is 2.36. The quantitative estimate of drug-likeness (QED) is 0.604. The third kappa shape index (κ3) is 2.94. The van der Waals surface area contributed by atoms with Gasteiger partial charge in [0, 0.05) is 10.5 Å². The van der Waals surface area contributed by atoms with Gasteiger partial charge in [-0.1, -0.05) is 40.8 Å². The first-order valence-corrected chi connectivity index (χ1v) is 7.60. The van der Waals surface area contributed by atoms with Gasteiger partial charge in [0.1, 0.15) is 24.2 Å². The maximum Gasteiger partial charge on any atom is 0.165 e. The van der Waals surface area contributed by atoms with Crippen LogP contribution in [0, 0.1) is 0 Å². The lowest BCUT2D eigenvalue weighted by atomic mass is 10.2. The first kappa shape index (κ1) is 12.6. The van der Waals surface area contributed by atoms with Crippen LogP contribution in [0.1, 0.15) is 0 Å². The van der Waals surface area contributed by atoms with Crippen LogP contribution in [0.15, 0.2) is 48.5 Å². The van der Waals surface area contributed by atoms with Gasteiger partial charge in [0.2, 0.25) is 0 Å². The molecule has 3 rings (SSSR count). The standard InChI is InChI=1S/C15H13IO3/c16-9-13-10-17-15-8-12(6-7-14(15)19-13)18-11-4-2-1-3-5-11/h1-8,13H,9-10H2. The number of ether oxygens (including phenoxy) is 3. The zero-order valence-corrected chi connectivity index (χ0v) is 12.4. The maximum atomic E-state index is 5.80. The molecule has 4 heteroatoms. The predicted molar refractivity (Wildman–Crippen MR) is 81.8 cm³/mol. The summed E-state index contributed by atoms with van der Waals surface area (Å²) in [7, 11) is 0. The van der Waals surface area contributed by atoms with Gasteiger partial charge in [-0.05, 0) is 24.3 Å². The number of halogens is 1. The van der Waals surface area contributed by atoms with Crippen molar-refractivity contribution in [2.45, 2.75) is 6.10 Å². The molecule has 1 aliphatic rings. The summed E-state index contributed by atoms with van der Waals surface area (Å²) in [4.78, 5) is 0. The van der Waals surface area contributed by atoms with Crippen molar-refractivity contribution in [1.29, 1.82) is 0 Å². The van der Waals surface area contributed by atoms with E-state index in [0.29, 0.717) is 6.61 Å². The van der Waals surface area contributed by atoms with Gasteiger partial charge in [-0.3, -0.25) is 0 Å². The Hall–Kier alpha value is -1.43. The second-order valence-electron chi connectivity index (χ2n) is 4.23. The molecule has 0 fully saturated rings. The number of benzene rings is 2. The Labute approximate surface area is 125 Å². The highest BCUT2D eigenvalue weighted by Gasteiger charge is 2.20. The van der Waals surface area contributed by atoms with Crippen molar-refractivity contribution in [3.05, 3.63) is 48.5 Å². The topological polar surface area (TPSA) is 27.7 Å². The molecule has 0 bridgehead atoms. The zero-order valence-electron chi connectivity index (χ0n) is 10.2. The van der Waals surface area contributed by atoms with Crippen LogP contribution in [0.25, 0.3) is 0 Å². The Morgan fingerprint density at radius 3 is 2.68 bits per heavy atom. The lowest BCUT2D eigenvalue weighted by Gasteiger charge is -2.25. The average Bonchev–Trinajstić information content (AvgIpc) is 2.48. The summed E-state index contributed by atoms with van der Waals surface area (Å²) in [5.41, 5.74) is 0. The van der Waals surface area contributed by atoms with Crippen molar-refractivity contribution >= 4 is 22.6 Å². The fraction of sp³-hybridized carbons (Fsp3) is 0.200. The SMILES string of the molecule is ICC1COc2cc(Oc3ccccc3)ccc2O1. The number of alkyl halides is 1. The van der Waals surface area contributed by atoms with Crippen molar-refractivity contribution in [2.24, 2.45) is 0 Å². The lowest BCUT2D eigenvalue weighted by molar-refractivity contribution is 0.109. The Morgan fingerprint density at radius 1 is 1.05 bits per heavy atom. The van der Waals surface area contributed by atoms with E-state index < -0.39 is 0 Å². The van der Waals surface area contributed by atoms with Crippen LogP contribution in [0.4, 0.5) is 0 Å². The molecule has 1 aliphatic heterocycles. The highest BCUT2D eigenvalue weighted by molar-refractivity contribution is 14.1. The van der Waals surface area contributed by atoms with E-state index in [2.05, 4.69) is 22.6 Å². The molecule has 0 aromatic heterocycles. The van der Waals surface area contributed by atoms with Gasteiger partial charge in [-0.2, -0.15) is 0 Å². The summed E-state index contributed by atoms with van der Waals surface area (Å²) in [5, 5.41) is 0. The second kappa shape index (κ2) is 5.69. The van der Waals surface area contributed by atoms with Crippen LogP contribution < -0.4 is 14.2 Å². The third-order valence-electron chi connectivity index (χ3n) is 2.78. The molecule has 0 aliphatic carbocycles. The Bertz CT molecular complexity index is 557. The number of hydrogen-bond acceptors (Lipinski definition) is 3. The smallest absolute Gasteiger partial charge is 0.165 e. The molecule has 2 aromatic carbocycles. The summed E-state index contributed by atoms with van der Waals surface area (Å²) in [6.07, 6.45) is 0.133. The van der Waals surface area contributed by atoms with E-state index in [-0.39, 0.29) is 6.10 Å². The van der Waals surface area contributed by atoms with Crippen molar-refractivity contribution in [3.8, 4) is 23.0 Å². The number of rotatable bonds is 3. The largest absolute Gasteiger partial charge is 0.486 e. The molecule has 1 unspecified atom stereocenters. The molecule has 1 heterocycles. The first-order chi connectivity index (χ1) is 9.35. The maximum absolute atomic E-state index is 5.80. The van der Waals surface area contributed by atoms with E-state index in [9.17, 15) is 0 Å². The fourth-order valence-corrected chi connectivity index (χ4v) is 2.29. The van der Waals surface area contributed by atoms with Gasteiger partial charge in [-0.25, -0.2) is 0 Å². The summed E-state index contributed by atoms with van der Waals surface area (Å²) in [6, 6.07) is 15.3. The van der Waals surface area contributed by atoms with Crippen molar-refractivity contribution in [1.82, 2.24) is 0 Å². The molecular formula is C15H13IO3. The average molecular weight is 368 g/mol. The van der Waals surface area contributed by atoms with Crippen LogP contribution in [0.5, 0.6) is 23.0 Å². The fourth-order valence-electron chi connectivity index (χ4n) is 1.86. The van der Waals surface area contributed by atoms with E-state index in [1.807, 2.05) is 48.5 Å². The lowest BCUT2D eigenvalue weighted by Crippen LogP contribution is -2.30. The number of fused-ring (bicyclic) bond motifs is 1. The van der Waals surface area contributed by atoms with E-state index in [0.717, 1.165) is 27.4 Å². The summed E-state index contributed by atoms with van der Waals surface area (Å²) in [5.74, 6) is 3.09. The molecule has 0 saturated carbocycles. The van der Waals surface area contributed by atoms with Gasteiger partial charge in [0.05, 0.1) is 0 Å². The molecule has 1 atom stereocenters. The molecule has 3 nitrogen and oxygen atoms in total. The minimum absolute atomic E-state index is 0.133. The van der Waals surface area contributed by atoms with E-state index in [1.165, 1.54) is 0 Å².